The molecule has 0 aromatic carbocycles. The zero-order valence-corrected chi connectivity index (χ0v) is 8.97. The molecule has 0 radical (unpaired) electrons. The molecule has 0 aliphatic heterocycles. The number of alkyl halides is 4. The van der Waals surface area contributed by atoms with Crippen molar-refractivity contribution in [2.24, 2.45) is 5.73 Å². The van der Waals surface area contributed by atoms with E-state index in [9.17, 15) is 17.6 Å². The second kappa shape index (κ2) is 5.92. The minimum Gasteiger partial charge on any atom is -0.325 e. The first-order valence-corrected chi connectivity index (χ1v) is 4.96. The van der Waals surface area contributed by atoms with Gasteiger partial charge in [-0.1, -0.05) is 0 Å². The molecule has 0 saturated heterocycles. The van der Waals surface area contributed by atoms with Gasteiger partial charge in [0.25, 0.3) is 0 Å². The zero-order chi connectivity index (χ0) is 12.9. The van der Waals surface area contributed by atoms with Gasteiger partial charge in [0.2, 0.25) is 0 Å². The molecule has 3 nitrogen and oxygen atoms in total. The lowest BCUT2D eigenvalue weighted by molar-refractivity contribution is -0.125. The minimum atomic E-state index is -4.01. The first kappa shape index (κ1) is 13.9. The largest absolute Gasteiger partial charge is 0.325 e. The summed E-state index contributed by atoms with van der Waals surface area (Å²) in [6.45, 7) is -0.760. The molecule has 1 heterocycles. The number of nitrogens with two attached hydrogens (primary N) is 1. The molecular weight excluding hydrogens is 238 g/mol. The van der Waals surface area contributed by atoms with E-state index in [2.05, 4.69) is 10.3 Å². The predicted molar refractivity (Wildman–Crippen MR) is 54.8 cm³/mol. The molecule has 0 spiro atoms. The standard InChI is InChI=1S/C10H13F4N3/c11-9(12)10(13,14)6-16-5-7-1-2-17-8(3-7)4-15/h1-3,9,16H,4-6,15H2. The zero-order valence-electron chi connectivity index (χ0n) is 8.97. The van der Waals surface area contributed by atoms with Crippen molar-refractivity contribution >= 4 is 0 Å². The third kappa shape index (κ3) is 4.27. The number of pyridine rings is 1. The highest BCUT2D eigenvalue weighted by Crippen LogP contribution is 2.21. The van der Waals surface area contributed by atoms with Crippen LogP contribution < -0.4 is 11.1 Å². The van der Waals surface area contributed by atoms with Crippen LogP contribution in [0.1, 0.15) is 11.3 Å². The molecule has 0 fully saturated rings. The van der Waals surface area contributed by atoms with Crippen LogP contribution >= 0.6 is 0 Å². The van der Waals surface area contributed by atoms with Crippen LogP contribution in [0.15, 0.2) is 18.3 Å². The van der Waals surface area contributed by atoms with Gasteiger partial charge in [-0.25, -0.2) is 8.78 Å². The van der Waals surface area contributed by atoms with Crippen LogP contribution in [0.4, 0.5) is 17.6 Å². The fourth-order valence-electron chi connectivity index (χ4n) is 1.20. The summed E-state index contributed by atoms with van der Waals surface area (Å²) in [6.07, 6.45) is -2.17. The van der Waals surface area contributed by atoms with Gasteiger partial charge in [0.15, 0.2) is 0 Å². The lowest BCUT2D eigenvalue weighted by Crippen LogP contribution is -2.38. The lowest BCUT2D eigenvalue weighted by atomic mass is 10.2. The number of aromatic nitrogens is 1. The van der Waals surface area contributed by atoms with Crippen LogP contribution in [-0.2, 0) is 13.1 Å². The quantitative estimate of drug-likeness (QED) is 0.754. The van der Waals surface area contributed by atoms with Crippen LogP contribution in [0.25, 0.3) is 0 Å². The van der Waals surface area contributed by atoms with Gasteiger partial charge in [0.05, 0.1) is 12.2 Å². The van der Waals surface area contributed by atoms with E-state index in [1.807, 2.05) is 0 Å². The number of hydrogen-bond donors (Lipinski definition) is 2. The maximum Gasteiger partial charge on any atom is 0.319 e. The molecule has 1 aromatic rings. The number of nitrogens with one attached hydrogen (secondary N) is 1. The van der Waals surface area contributed by atoms with E-state index in [4.69, 9.17) is 5.73 Å². The first-order chi connectivity index (χ1) is 7.95. The molecule has 0 aliphatic rings. The van der Waals surface area contributed by atoms with Crippen molar-refractivity contribution in [3.63, 3.8) is 0 Å². The van der Waals surface area contributed by atoms with Gasteiger partial charge in [0.1, 0.15) is 0 Å². The molecule has 0 atom stereocenters. The van der Waals surface area contributed by atoms with Crippen LogP contribution in [0.3, 0.4) is 0 Å². The van der Waals surface area contributed by atoms with Gasteiger partial charge >= 0.3 is 12.3 Å². The van der Waals surface area contributed by atoms with Crippen molar-refractivity contribution in [2.75, 3.05) is 6.54 Å². The predicted octanol–water partition coefficient (Wildman–Crippen LogP) is 1.53. The van der Waals surface area contributed by atoms with Crippen molar-refractivity contribution in [3.8, 4) is 0 Å². The Balaban J connectivity index is 2.45. The van der Waals surface area contributed by atoms with Crippen molar-refractivity contribution in [3.05, 3.63) is 29.6 Å². The summed E-state index contributed by atoms with van der Waals surface area (Å²) in [6, 6.07) is 3.24. The van der Waals surface area contributed by atoms with Gasteiger partial charge in [0, 0.05) is 19.3 Å². The number of hydrogen-bond acceptors (Lipinski definition) is 3. The molecular formula is C10H13F4N3. The Morgan fingerprint density at radius 1 is 1.41 bits per heavy atom. The summed E-state index contributed by atoms with van der Waals surface area (Å²) in [7, 11) is 0. The monoisotopic (exact) mass is 251 g/mol. The SMILES string of the molecule is NCc1cc(CNCC(F)(F)C(F)F)ccn1. The fraction of sp³-hybridized carbons (Fsp3) is 0.500. The summed E-state index contributed by atoms with van der Waals surface area (Å²) >= 11 is 0. The number of halogens is 4. The maximum absolute atomic E-state index is 12.5. The summed E-state index contributed by atoms with van der Waals surface area (Å²) in [4.78, 5) is 3.92. The highest BCUT2D eigenvalue weighted by Gasteiger charge is 2.39. The average Bonchev–Trinajstić information content (AvgIpc) is 2.29. The van der Waals surface area contributed by atoms with Crippen molar-refractivity contribution in [1.82, 2.24) is 10.3 Å². The van der Waals surface area contributed by atoms with E-state index < -0.39 is 18.9 Å². The average molecular weight is 251 g/mol. The van der Waals surface area contributed by atoms with E-state index in [-0.39, 0.29) is 13.1 Å². The number of nitrogens with zero attached hydrogens (tertiary/aromatic N) is 1. The smallest absolute Gasteiger partial charge is 0.319 e. The molecule has 3 N–H and O–H groups in total. The summed E-state index contributed by atoms with van der Waals surface area (Å²) in [5, 5.41) is 2.28. The fourth-order valence-corrected chi connectivity index (χ4v) is 1.20. The summed E-state index contributed by atoms with van der Waals surface area (Å²) in [5.41, 5.74) is 6.64. The third-order valence-electron chi connectivity index (χ3n) is 2.10. The Labute approximate surface area is 96.0 Å². The van der Waals surface area contributed by atoms with E-state index in [0.29, 0.717) is 11.3 Å². The van der Waals surface area contributed by atoms with Gasteiger partial charge in [-0.15, -0.1) is 0 Å². The Kier molecular flexibility index (Phi) is 4.83. The van der Waals surface area contributed by atoms with E-state index in [0.717, 1.165) is 0 Å². The topological polar surface area (TPSA) is 50.9 Å². The van der Waals surface area contributed by atoms with Crippen LogP contribution in [-0.4, -0.2) is 23.9 Å². The Bertz CT molecular complexity index is 357. The lowest BCUT2D eigenvalue weighted by Gasteiger charge is -2.15. The minimum absolute atomic E-state index is 0.0673. The van der Waals surface area contributed by atoms with Crippen LogP contribution in [0.5, 0.6) is 0 Å². The first-order valence-electron chi connectivity index (χ1n) is 4.96. The van der Waals surface area contributed by atoms with Gasteiger partial charge in [-0.3, -0.25) is 4.98 Å². The molecule has 1 aromatic heterocycles. The van der Waals surface area contributed by atoms with Gasteiger partial charge < -0.3 is 11.1 Å². The molecule has 0 saturated carbocycles. The third-order valence-corrected chi connectivity index (χ3v) is 2.10. The molecule has 0 bridgehead atoms. The van der Waals surface area contributed by atoms with Crippen molar-refractivity contribution in [1.29, 1.82) is 0 Å². The number of rotatable bonds is 6. The molecule has 17 heavy (non-hydrogen) atoms. The van der Waals surface area contributed by atoms with Crippen LogP contribution in [0.2, 0.25) is 0 Å². The Morgan fingerprint density at radius 2 is 2.12 bits per heavy atom. The van der Waals surface area contributed by atoms with Crippen molar-refractivity contribution in [2.45, 2.75) is 25.4 Å². The van der Waals surface area contributed by atoms with E-state index in [1.54, 1.807) is 12.1 Å². The van der Waals surface area contributed by atoms with Crippen LogP contribution in [0, 0.1) is 0 Å². The molecule has 1 rings (SSSR count). The highest BCUT2D eigenvalue weighted by atomic mass is 19.3. The maximum atomic E-state index is 12.5. The molecule has 96 valence electrons. The molecule has 0 unspecified atom stereocenters. The molecule has 0 aliphatic carbocycles. The summed E-state index contributed by atoms with van der Waals surface area (Å²) in [5.74, 6) is -4.01. The van der Waals surface area contributed by atoms with E-state index in [1.165, 1.54) is 6.20 Å². The van der Waals surface area contributed by atoms with Gasteiger partial charge in [-0.2, -0.15) is 8.78 Å². The van der Waals surface area contributed by atoms with Crippen molar-refractivity contribution < 1.29 is 17.6 Å². The second-order valence-electron chi connectivity index (χ2n) is 3.52. The molecule has 0 amide bonds. The Morgan fingerprint density at radius 3 is 2.71 bits per heavy atom. The van der Waals surface area contributed by atoms with Gasteiger partial charge in [-0.05, 0) is 17.7 Å². The Hall–Kier alpha value is -1.21. The molecule has 7 heteroatoms. The highest BCUT2D eigenvalue weighted by molar-refractivity contribution is 5.16. The normalized spacial score (nSPS) is 12.1. The second-order valence-corrected chi connectivity index (χ2v) is 3.52. The summed E-state index contributed by atoms with van der Waals surface area (Å²) < 4.78 is 48.8. The van der Waals surface area contributed by atoms with E-state index >= 15 is 0 Å².